The van der Waals surface area contributed by atoms with Crippen molar-refractivity contribution in [2.75, 3.05) is 32.2 Å². The van der Waals surface area contributed by atoms with E-state index in [1.807, 2.05) is 13.8 Å². The lowest BCUT2D eigenvalue weighted by Crippen LogP contribution is -2.28. The largest absolute Gasteiger partial charge is 0.494 e. The van der Waals surface area contributed by atoms with Gasteiger partial charge >= 0.3 is 0 Å². The number of hydrogen-bond acceptors (Lipinski definition) is 7. The van der Waals surface area contributed by atoms with Crippen LogP contribution in [0.5, 0.6) is 17.2 Å². The van der Waals surface area contributed by atoms with Gasteiger partial charge in [0.15, 0.2) is 18.1 Å². The molecular weight excluding hydrogens is 540 g/mol. The van der Waals surface area contributed by atoms with Crippen LogP contribution in [-0.2, 0) is 9.59 Å². The molecular formula is C24H25BrN2O5S2. The highest BCUT2D eigenvalue weighted by atomic mass is 79.9. The summed E-state index contributed by atoms with van der Waals surface area (Å²) in [6.07, 6.45) is 2.60. The summed E-state index contributed by atoms with van der Waals surface area (Å²) in [5, 5.41) is 2.78. The number of thioether (sulfide) groups is 1. The highest BCUT2D eigenvalue weighted by molar-refractivity contribution is 9.10. The van der Waals surface area contributed by atoms with Gasteiger partial charge in [-0.3, -0.25) is 14.5 Å². The Kier molecular flexibility index (Phi) is 9.37. The number of ether oxygens (including phenoxy) is 3. The van der Waals surface area contributed by atoms with Crippen LogP contribution >= 0.6 is 39.9 Å². The number of amides is 2. The van der Waals surface area contributed by atoms with E-state index in [9.17, 15) is 9.59 Å². The minimum atomic E-state index is -0.318. The Morgan fingerprint density at radius 2 is 1.94 bits per heavy atom. The van der Waals surface area contributed by atoms with E-state index in [4.69, 9.17) is 26.4 Å². The number of carbonyl (C=O) groups excluding carboxylic acids is 2. The van der Waals surface area contributed by atoms with Crippen molar-refractivity contribution in [2.45, 2.75) is 20.3 Å². The summed E-state index contributed by atoms with van der Waals surface area (Å²) in [5.74, 6) is 1.14. The van der Waals surface area contributed by atoms with Crippen LogP contribution in [0.3, 0.4) is 0 Å². The molecule has 0 aromatic heterocycles. The second kappa shape index (κ2) is 12.2. The third-order valence-corrected chi connectivity index (χ3v) is 6.63. The Hall–Kier alpha value is -2.56. The molecule has 1 aliphatic rings. The minimum absolute atomic E-state index is 0.0989. The predicted molar refractivity (Wildman–Crippen MR) is 143 cm³/mol. The van der Waals surface area contributed by atoms with Gasteiger partial charge in [0, 0.05) is 12.2 Å². The zero-order chi connectivity index (χ0) is 24.7. The van der Waals surface area contributed by atoms with Crippen LogP contribution in [0.15, 0.2) is 45.8 Å². The van der Waals surface area contributed by atoms with Gasteiger partial charge in [-0.2, -0.15) is 0 Å². The molecule has 0 aliphatic carbocycles. The van der Waals surface area contributed by atoms with E-state index in [2.05, 4.69) is 21.2 Å². The number of methoxy groups -OCH3 is 1. The van der Waals surface area contributed by atoms with E-state index < -0.39 is 0 Å². The maximum Gasteiger partial charge on any atom is 0.266 e. The van der Waals surface area contributed by atoms with Crippen molar-refractivity contribution in [3.63, 3.8) is 0 Å². The number of carbonyl (C=O) groups is 2. The molecule has 2 aromatic carbocycles. The van der Waals surface area contributed by atoms with Crippen molar-refractivity contribution < 1.29 is 23.8 Å². The van der Waals surface area contributed by atoms with Gasteiger partial charge in [0.2, 0.25) is 0 Å². The van der Waals surface area contributed by atoms with Crippen molar-refractivity contribution in [2.24, 2.45) is 0 Å². The molecule has 1 fully saturated rings. The second-order valence-electron chi connectivity index (χ2n) is 7.16. The molecule has 0 saturated carbocycles. The van der Waals surface area contributed by atoms with Gasteiger partial charge in [-0.15, -0.1) is 0 Å². The number of halogens is 1. The molecule has 34 heavy (non-hydrogen) atoms. The van der Waals surface area contributed by atoms with Crippen LogP contribution in [0.4, 0.5) is 5.69 Å². The molecule has 10 heteroatoms. The highest BCUT2D eigenvalue weighted by Gasteiger charge is 2.31. The Bertz CT molecular complexity index is 1110. The molecule has 2 aromatic rings. The lowest BCUT2D eigenvalue weighted by Gasteiger charge is -2.14. The standard InChI is InChI=1S/C24H25BrN2O5S2/c1-4-10-27-23(29)20(34-24(27)33)13-15-11-18(25)22(19(12-15)30-3)32-14-21(28)26-16-6-8-17(9-7-16)31-5-2/h6-9,11-13H,4-5,10,14H2,1-3H3,(H,26,28)/b20-13-. The Morgan fingerprint density at radius 1 is 1.21 bits per heavy atom. The minimum Gasteiger partial charge on any atom is -0.494 e. The second-order valence-corrected chi connectivity index (χ2v) is 9.69. The number of anilines is 1. The monoisotopic (exact) mass is 564 g/mol. The summed E-state index contributed by atoms with van der Waals surface area (Å²) in [7, 11) is 1.51. The third-order valence-electron chi connectivity index (χ3n) is 4.67. The van der Waals surface area contributed by atoms with Crippen LogP contribution in [0.2, 0.25) is 0 Å². The summed E-state index contributed by atoms with van der Waals surface area (Å²) in [5.41, 5.74) is 1.38. The summed E-state index contributed by atoms with van der Waals surface area (Å²) in [6, 6.07) is 10.6. The Balaban J connectivity index is 1.68. The first-order valence-corrected chi connectivity index (χ1v) is 12.7. The first kappa shape index (κ1) is 26.1. The lowest BCUT2D eigenvalue weighted by molar-refractivity contribution is -0.122. The van der Waals surface area contributed by atoms with Crippen LogP contribution in [0, 0.1) is 0 Å². The fraction of sp³-hybridized carbons (Fsp3) is 0.292. The maximum absolute atomic E-state index is 12.6. The molecule has 0 spiro atoms. The number of nitrogens with one attached hydrogen (secondary N) is 1. The number of nitrogens with zero attached hydrogens (tertiary/aromatic N) is 1. The van der Waals surface area contributed by atoms with Gasteiger partial charge in [-0.05, 0) is 77.3 Å². The first-order valence-electron chi connectivity index (χ1n) is 10.6. The van der Waals surface area contributed by atoms with Crippen LogP contribution in [-0.4, -0.2) is 47.9 Å². The summed E-state index contributed by atoms with van der Waals surface area (Å²) >= 11 is 10.1. The van der Waals surface area contributed by atoms with Crippen molar-refractivity contribution in [3.8, 4) is 17.2 Å². The molecule has 0 radical (unpaired) electrons. The van der Waals surface area contributed by atoms with E-state index in [1.54, 1.807) is 47.4 Å². The molecule has 0 atom stereocenters. The van der Waals surface area contributed by atoms with Crippen LogP contribution in [0.1, 0.15) is 25.8 Å². The number of benzene rings is 2. The van der Waals surface area contributed by atoms with Gasteiger partial charge in [-0.25, -0.2) is 0 Å². The molecule has 180 valence electrons. The van der Waals surface area contributed by atoms with Gasteiger partial charge in [0.1, 0.15) is 10.1 Å². The van der Waals surface area contributed by atoms with Gasteiger partial charge < -0.3 is 19.5 Å². The summed E-state index contributed by atoms with van der Waals surface area (Å²) < 4.78 is 17.8. The molecule has 1 aliphatic heterocycles. The summed E-state index contributed by atoms with van der Waals surface area (Å²) in [6.45, 7) is 4.87. The average Bonchev–Trinajstić information content (AvgIpc) is 3.07. The lowest BCUT2D eigenvalue weighted by atomic mass is 10.2. The molecule has 1 saturated heterocycles. The van der Waals surface area contributed by atoms with Crippen LogP contribution < -0.4 is 19.5 Å². The number of thiocarbonyl (C=S) groups is 1. The third kappa shape index (κ3) is 6.52. The zero-order valence-corrected chi connectivity index (χ0v) is 22.3. The molecule has 7 nitrogen and oxygen atoms in total. The molecule has 2 amide bonds. The smallest absolute Gasteiger partial charge is 0.266 e. The van der Waals surface area contributed by atoms with Crippen molar-refractivity contribution in [1.29, 1.82) is 0 Å². The fourth-order valence-electron chi connectivity index (χ4n) is 3.17. The van der Waals surface area contributed by atoms with Crippen molar-refractivity contribution in [3.05, 3.63) is 51.3 Å². The normalized spacial score (nSPS) is 14.5. The van der Waals surface area contributed by atoms with Gasteiger partial charge in [0.25, 0.3) is 11.8 Å². The topological polar surface area (TPSA) is 77.1 Å². The number of hydrogen-bond donors (Lipinski definition) is 1. The highest BCUT2D eigenvalue weighted by Crippen LogP contribution is 2.39. The molecule has 0 bridgehead atoms. The Morgan fingerprint density at radius 3 is 2.59 bits per heavy atom. The van der Waals surface area contributed by atoms with E-state index in [0.717, 1.165) is 17.7 Å². The van der Waals surface area contributed by atoms with Crippen molar-refractivity contribution in [1.82, 2.24) is 4.90 Å². The molecule has 1 heterocycles. The average molecular weight is 566 g/mol. The fourth-order valence-corrected chi connectivity index (χ4v) is 5.05. The molecule has 0 unspecified atom stereocenters. The van der Waals surface area contributed by atoms with E-state index in [1.165, 1.54) is 18.9 Å². The van der Waals surface area contributed by atoms with E-state index >= 15 is 0 Å². The molecule has 3 rings (SSSR count). The van der Waals surface area contributed by atoms with Gasteiger partial charge in [-0.1, -0.05) is 30.9 Å². The first-order chi connectivity index (χ1) is 16.4. The van der Waals surface area contributed by atoms with Crippen LogP contribution in [0.25, 0.3) is 6.08 Å². The van der Waals surface area contributed by atoms with E-state index in [-0.39, 0.29) is 18.4 Å². The quantitative estimate of drug-likeness (QED) is 0.302. The maximum atomic E-state index is 12.6. The zero-order valence-electron chi connectivity index (χ0n) is 19.1. The van der Waals surface area contributed by atoms with Crippen molar-refractivity contribution >= 4 is 67.8 Å². The Labute approximate surface area is 216 Å². The van der Waals surface area contributed by atoms with E-state index in [0.29, 0.717) is 44.0 Å². The predicted octanol–water partition coefficient (Wildman–Crippen LogP) is 5.49. The SMILES string of the molecule is CCCN1C(=O)/C(=C/c2cc(Br)c(OCC(=O)Nc3ccc(OCC)cc3)c(OC)c2)SC1=S. The molecule has 1 N–H and O–H groups in total. The number of rotatable bonds is 10. The summed E-state index contributed by atoms with van der Waals surface area (Å²) in [4.78, 5) is 27.2. The van der Waals surface area contributed by atoms with Gasteiger partial charge in [0.05, 0.1) is 23.1 Å².